The molecule has 1 unspecified atom stereocenters. The zero-order valence-corrected chi connectivity index (χ0v) is 9.00. The Hall–Kier alpha value is -2.01. The van der Waals surface area contributed by atoms with Crippen molar-refractivity contribution in [1.29, 1.82) is 0 Å². The number of aliphatic hydroxyl groups excluding tert-OH is 1. The van der Waals surface area contributed by atoms with Crippen molar-refractivity contribution in [3.05, 3.63) is 34.9 Å². The smallest absolute Gasteiger partial charge is 0.337 e. The third kappa shape index (κ3) is 3.22. The molecular weight excluding hydrogens is 224 g/mol. The molecular formula is C12H12O5. The highest BCUT2D eigenvalue weighted by Gasteiger charge is 2.17. The molecule has 0 aliphatic carbocycles. The van der Waals surface area contributed by atoms with Gasteiger partial charge in [0, 0.05) is 12.0 Å². The van der Waals surface area contributed by atoms with Crippen LogP contribution in [0.25, 0.3) is 0 Å². The second-order valence-electron chi connectivity index (χ2n) is 3.52. The van der Waals surface area contributed by atoms with Gasteiger partial charge in [-0.05, 0) is 23.6 Å². The van der Waals surface area contributed by atoms with Crippen LogP contribution in [0.1, 0.15) is 34.0 Å². The van der Waals surface area contributed by atoms with Crippen LogP contribution in [0.15, 0.2) is 18.2 Å². The molecule has 0 aliphatic heterocycles. The standard InChI is InChI=1S/C12H12O5/c13-5-1-2-8-3-4-9(6-10(8)7-14)11(15)12(16)17/h3-7,11,15H,1-2H2,(H,16,17). The first-order chi connectivity index (χ1) is 8.10. The van der Waals surface area contributed by atoms with E-state index in [-0.39, 0.29) is 5.56 Å². The van der Waals surface area contributed by atoms with E-state index in [4.69, 9.17) is 5.11 Å². The summed E-state index contributed by atoms with van der Waals surface area (Å²) in [5.74, 6) is -1.37. The molecule has 0 saturated carbocycles. The highest BCUT2D eigenvalue weighted by molar-refractivity contribution is 5.80. The first-order valence-electron chi connectivity index (χ1n) is 5.02. The molecule has 5 nitrogen and oxygen atoms in total. The predicted octanol–water partition coefficient (Wildman–Crippen LogP) is 0.749. The molecule has 0 fully saturated rings. The largest absolute Gasteiger partial charge is 0.479 e. The summed E-state index contributed by atoms with van der Waals surface area (Å²) >= 11 is 0. The lowest BCUT2D eigenvalue weighted by atomic mass is 9.99. The lowest BCUT2D eigenvalue weighted by molar-refractivity contribution is -0.146. The summed E-state index contributed by atoms with van der Waals surface area (Å²) in [6, 6.07) is 4.31. The molecule has 5 heteroatoms. The Morgan fingerprint density at radius 1 is 1.35 bits per heavy atom. The molecule has 1 rings (SSSR count). The highest BCUT2D eigenvalue weighted by atomic mass is 16.4. The summed E-state index contributed by atoms with van der Waals surface area (Å²) in [4.78, 5) is 31.6. The van der Waals surface area contributed by atoms with Crippen LogP contribution in [0.4, 0.5) is 0 Å². The Kier molecular flexibility index (Phi) is 4.54. The summed E-state index contributed by atoms with van der Waals surface area (Å²) in [5.41, 5.74) is 1.10. The number of carbonyl (C=O) groups is 3. The van der Waals surface area contributed by atoms with Crippen molar-refractivity contribution < 1.29 is 24.6 Å². The predicted molar refractivity (Wildman–Crippen MR) is 58.8 cm³/mol. The molecule has 17 heavy (non-hydrogen) atoms. The molecule has 0 heterocycles. The maximum Gasteiger partial charge on any atom is 0.337 e. The van der Waals surface area contributed by atoms with E-state index in [2.05, 4.69) is 0 Å². The molecule has 1 aromatic carbocycles. The summed E-state index contributed by atoms with van der Waals surface area (Å²) in [6.45, 7) is 0. The second-order valence-corrected chi connectivity index (χ2v) is 3.52. The van der Waals surface area contributed by atoms with E-state index in [1.807, 2.05) is 0 Å². The van der Waals surface area contributed by atoms with Crippen LogP contribution >= 0.6 is 0 Å². The van der Waals surface area contributed by atoms with Gasteiger partial charge in [0.15, 0.2) is 6.10 Å². The van der Waals surface area contributed by atoms with Crippen molar-refractivity contribution >= 4 is 18.5 Å². The fourth-order valence-corrected chi connectivity index (χ4v) is 1.48. The van der Waals surface area contributed by atoms with Crippen LogP contribution in [0.3, 0.4) is 0 Å². The van der Waals surface area contributed by atoms with Crippen LogP contribution in [-0.4, -0.2) is 28.8 Å². The van der Waals surface area contributed by atoms with Gasteiger partial charge in [-0.1, -0.05) is 12.1 Å². The number of carbonyl (C=O) groups excluding carboxylic acids is 2. The fraction of sp³-hybridized carbons (Fsp3) is 0.250. The Balaban J connectivity index is 3.03. The van der Waals surface area contributed by atoms with Gasteiger partial charge in [0.2, 0.25) is 0 Å². The molecule has 1 atom stereocenters. The molecule has 0 bridgehead atoms. The summed E-state index contributed by atoms with van der Waals surface area (Å²) in [6.07, 6.45) is 0.393. The third-order valence-corrected chi connectivity index (χ3v) is 2.38. The van der Waals surface area contributed by atoms with Crippen LogP contribution in [0.2, 0.25) is 0 Å². The number of aryl methyl sites for hydroxylation is 1. The van der Waals surface area contributed by atoms with Crippen LogP contribution < -0.4 is 0 Å². The number of aliphatic carboxylic acids is 1. The minimum atomic E-state index is -1.64. The maximum absolute atomic E-state index is 10.8. The molecule has 0 saturated heterocycles. The Labute approximate surface area is 97.7 Å². The number of aliphatic hydroxyl groups is 1. The lowest BCUT2D eigenvalue weighted by Gasteiger charge is -2.09. The SMILES string of the molecule is O=CCCc1ccc(C(O)C(=O)O)cc1C=O. The minimum absolute atomic E-state index is 0.148. The van der Waals surface area contributed by atoms with Gasteiger partial charge in [-0.2, -0.15) is 0 Å². The van der Waals surface area contributed by atoms with Crippen molar-refractivity contribution in [1.82, 2.24) is 0 Å². The summed E-state index contributed by atoms with van der Waals surface area (Å²) in [5, 5.41) is 17.9. The van der Waals surface area contributed by atoms with Gasteiger partial charge >= 0.3 is 5.97 Å². The number of benzene rings is 1. The van der Waals surface area contributed by atoms with Gasteiger partial charge in [-0.15, -0.1) is 0 Å². The van der Waals surface area contributed by atoms with Crippen LogP contribution in [0, 0.1) is 0 Å². The van der Waals surface area contributed by atoms with Gasteiger partial charge in [0.25, 0.3) is 0 Å². The quantitative estimate of drug-likeness (QED) is 0.711. The molecule has 0 radical (unpaired) electrons. The number of aldehydes is 2. The van der Waals surface area contributed by atoms with Crippen molar-refractivity contribution in [3.63, 3.8) is 0 Å². The van der Waals surface area contributed by atoms with E-state index < -0.39 is 12.1 Å². The third-order valence-electron chi connectivity index (χ3n) is 2.38. The van der Waals surface area contributed by atoms with E-state index in [1.165, 1.54) is 12.1 Å². The average Bonchev–Trinajstić information content (AvgIpc) is 2.35. The lowest BCUT2D eigenvalue weighted by Crippen LogP contribution is -2.11. The van der Waals surface area contributed by atoms with Crippen molar-refractivity contribution in [2.45, 2.75) is 18.9 Å². The first kappa shape index (κ1) is 13.1. The van der Waals surface area contributed by atoms with Gasteiger partial charge in [-0.25, -0.2) is 4.79 Å². The van der Waals surface area contributed by atoms with Crippen molar-refractivity contribution in [2.75, 3.05) is 0 Å². The minimum Gasteiger partial charge on any atom is -0.479 e. The molecule has 2 N–H and O–H groups in total. The zero-order valence-electron chi connectivity index (χ0n) is 9.00. The fourth-order valence-electron chi connectivity index (χ4n) is 1.48. The van der Waals surface area contributed by atoms with Crippen LogP contribution in [-0.2, 0) is 16.0 Å². The first-order valence-corrected chi connectivity index (χ1v) is 5.02. The highest BCUT2D eigenvalue weighted by Crippen LogP contribution is 2.18. The monoisotopic (exact) mass is 236 g/mol. The number of carboxylic acid groups (broad SMARTS) is 1. The average molecular weight is 236 g/mol. The molecule has 0 aliphatic rings. The summed E-state index contributed by atoms with van der Waals surface area (Å²) < 4.78 is 0. The summed E-state index contributed by atoms with van der Waals surface area (Å²) in [7, 11) is 0. The maximum atomic E-state index is 10.8. The molecule has 1 aromatic rings. The number of hydrogen-bond donors (Lipinski definition) is 2. The van der Waals surface area contributed by atoms with E-state index >= 15 is 0 Å². The molecule has 0 spiro atoms. The Morgan fingerprint density at radius 2 is 2.06 bits per heavy atom. The molecule has 0 aromatic heterocycles. The normalized spacial score (nSPS) is 11.8. The van der Waals surface area contributed by atoms with Crippen molar-refractivity contribution in [3.8, 4) is 0 Å². The van der Waals surface area contributed by atoms with E-state index in [0.717, 1.165) is 6.29 Å². The van der Waals surface area contributed by atoms with E-state index in [1.54, 1.807) is 6.07 Å². The topological polar surface area (TPSA) is 91.7 Å². The van der Waals surface area contributed by atoms with Gasteiger partial charge in [-0.3, -0.25) is 4.79 Å². The van der Waals surface area contributed by atoms with Gasteiger partial charge in [0.1, 0.15) is 12.6 Å². The van der Waals surface area contributed by atoms with Gasteiger partial charge < -0.3 is 15.0 Å². The van der Waals surface area contributed by atoms with Gasteiger partial charge in [0.05, 0.1) is 0 Å². The molecule has 90 valence electrons. The number of hydrogen-bond acceptors (Lipinski definition) is 4. The zero-order chi connectivity index (χ0) is 12.8. The molecule has 0 amide bonds. The Bertz CT molecular complexity index is 439. The second kappa shape index (κ2) is 5.91. The number of carboxylic acids is 1. The van der Waals surface area contributed by atoms with Crippen LogP contribution in [0.5, 0.6) is 0 Å². The van der Waals surface area contributed by atoms with E-state index in [9.17, 15) is 19.5 Å². The van der Waals surface area contributed by atoms with Crippen molar-refractivity contribution in [2.24, 2.45) is 0 Å². The Morgan fingerprint density at radius 3 is 2.59 bits per heavy atom. The number of rotatable bonds is 6. The van der Waals surface area contributed by atoms with E-state index in [0.29, 0.717) is 30.3 Å².